The highest BCUT2D eigenvalue weighted by Gasteiger charge is 2.78. The number of aliphatic hydroxyl groups is 1. The molecule has 0 aromatic carbocycles. The average molecular weight is 520 g/mol. The molecule has 4 fully saturated rings. The smallest absolute Gasteiger partial charge is 0.312 e. The minimum absolute atomic E-state index is 0.177. The Bertz CT molecular complexity index is 906. The third kappa shape index (κ3) is 4.84. The zero-order valence-corrected chi connectivity index (χ0v) is 22.1. The van der Waals surface area contributed by atoms with Gasteiger partial charge < -0.3 is 29.1 Å². The fourth-order valence-electron chi connectivity index (χ4n) is 6.60. The maximum Gasteiger partial charge on any atom is 0.312 e. The molecule has 1 spiro atoms. The molecule has 10 heteroatoms. The molecule has 4 saturated heterocycles. The van der Waals surface area contributed by atoms with E-state index in [0.29, 0.717) is 52.1 Å². The van der Waals surface area contributed by atoms with Gasteiger partial charge in [-0.15, -0.1) is 13.2 Å². The summed E-state index contributed by atoms with van der Waals surface area (Å²) in [7, 11) is 0. The first-order valence-electron chi connectivity index (χ1n) is 13.3. The van der Waals surface area contributed by atoms with Crippen LogP contribution in [0.2, 0.25) is 0 Å². The quantitative estimate of drug-likeness (QED) is 0.227. The summed E-state index contributed by atoms with van der Waals surface area (Å²) in [6.45, 7) is 15.3. The Morgan fingerprint density at radius 1 is 1.27 bits per heavy atom. The summed E-state index contributed by atoms with van der Waals surface area (Å²) in [5.74, 6) is -2.71. The number of morpholine rings is 1. The van der Waals surface area contributed by atoms with Gasteiger partial charge in [0.2, 0.25) is 11.8 Å². The van der Waals surface area contributed by atoms with Crippen molar-refractivity contribution in [2.24, 2.45) is 11.8 Å². The SMILES string of the molecule is C=CCCOC(=O)[C@H]1[C@H]2C(=O)N([C@H](C)CO)C(C(=O)N(CC=C)CCN3CCOCC3)C23CC[C@]1(C)O3. The molecule has 2 bridgehead atoms. The van der Waals surface area contributed by atoms with Gasteiger partial charge in [0.25, 0.3) is 0 Å². The summed E-state index contributed by atoms with van der Waals surface area (Å²) >= 11 is 0. The van der Waals surface area contributed by atoms with Crippen molar-refractivity contribution >= 4 is 17.8 Å². The normalized spacial score (nSPS) is 33.8. The Balaban J connectivity index is 1.64. The molecule has 37 heavy (non-hydrogen) atoms. The lowest BCUT2D eigenvalue weighted by molar-refractivity contribution is -0.161. The van der Waals surface area contributed by atoms with Crippen LogP contribution >= 0.6 is 0 Å². The molecule has 10 nitrogen and oxygen atoms in total. The molecule has 6 atom stereocenters. The molecule has 0 aromatic rings. The number of aliphatic hydroxyl groups excluding tert-OH is 1. The van der Waals surface area contributed by atoms with Crippen LogP contribution in [0.4, 0.5) is 0 Å². The highest BCUT2D eigenvalue weighted by molar-refractivity contribution is 5.98. The Kier molecular flexibility index (Phi) is 8.42. The number of ether oxygens (including phenoxy) is 3. The fraction of sp³-hybridized carbons (Fsp3) is 0.741. The van der Waals surface area contributed by atoms with E-state index in [0.717, 1.165) is 13.1 Å². The van der Waals surface area contributed by atoms with Gasteiger partial charge in [-0.05, 0) is 33.1 Å². The van der Waals surface area contributed by atoms with E-state index in [2.05, 4.69) is 18.1 Å². The molecule has 206 valence electrons. The van der Waals surface area contributed by atoms with Crippen LogP contribution in [-0.2, 0) is 28.6 Å². The van der Waals surface area contributed by atoms with E-state index < -0.39 is 41.1 Å². The Morgan fingerprint density at radius 3 is 2.65 bits per heavy atom. The zero-order valence-electron chi connectivity index (χ0n) is 22.1. The van der Waals surface area contributed by atoms with E-state index in [1.165, 1.54) is 4.90 Å². The first kappa shape index (κ1) is 27.8. The number of esters is 1. The van der Waals surface area contributed by atoms with E-state index in [1.807, 2.05) is 6.92 Å². The van der Waals surface area contributed by atoms with Gasteiger partial charge in [0.1, 0.15) is 17.6 Å². The number of amides is 2. The third-order valence-corrected chi connectivity index (χ3v) is 8.46. The number of carbonyl (C=O) groups is 3. The highest BCUT2D eigenvalue weighted by Crippen LogP contribution is 2.63. The van der Waals surface area contributed by atoms with Gasteiger partial charge in [-0.1, -0.05) is 12.2 Å². The molecule has 4 rings (SSSR count). The van der Waals surface area contributed by atoms with Crippen molar-refractivity contribution in [3.05, 3.63) is 25.3 Å². The van der Waals surface area contributed by atoms with Crippen LogP contribution in [0.3, 0.4) is 0 Å². The molecule has 0 aromatic heterocycles. The van der Waals surface area contributed by atoms with Crippen LogP contribution < -0.4 is 0 Å². The average Bonchev–Trinajstić information content (AvgIpc) is 3.47. The minimum Gasteiger partial charge on any atom is -0.465 e. The Morgan fingerprint density at radius 2 is 2.00 bits per heavy atom. The van der Waals surface area contributed by atoms with E-state index in [-0.39, 0.29) is 25.0 Å². The number of hydrogen-bond acceptors (Lipinski definition) is 8. The summed E-state index contributed by atoms with van der Waals surface area (Å²) in [4.78, 5) is 46.9. The minimum atomic E-state index is -1.15. The van der Waals surface area contributed by atoms with Crippen molar-refractivity contribution in [3.8, 4) is 0 Å². The van der Waals surface area contributed by atoms with Gasteiger partial charge >= 0.3 is 5.97 Å². The Labute approximate surface area is 219 Å². The number of rotatable bonds is 12. The van der Waals surface area contributed by atoms with Crippen LogP contribution in [0.5, 0.6) is 0 Å². The molecule has 0 saturated carbocycles. The van der Waals surface area contributed by atoms with Gasteiger partial charge in [0, 0.05) is 32.7 Å². The summed E-state index contributed by atoms with van der Waals surface area (Å²) < 4.78 is 17.5. The van der Waals surface area contributed by atoms with Crippen molar-refractivity contribution < 1.29 is 33.7 Å². The van der Waals surface area contributed by atoms with Crippen LogP contribution in [-0.4, -0.2) is 120 Å². The van der Waals surface area contributed by atoms with E-state index in [4.69, 9.17) is 14.2 Å². The maximum absolute atomic E-state index is 14.3. The predicted molar refractivity (Wildman–Crippen MR) is 135 cm³/mol. The molecular formula is C27H41N3O7. The standard InChI is InChI=1S/C27H41N3O7/c1-5-7-15-36-25(34)21-20-23(32)30(19(3)18-31)22(27(20)9-8-26(21,4)37-27)24(33)29(10-6-2)12-11-28-13-16-35-17-14-28/h5-6,19-22,31H,1-2,7-18H2,3-4H3/t19-,20+,21-,22?,26+,27?/m1/s1. The number of fused-ring (bicyclic) bond motifs is 1. The lowest BCUT2D eigenvalue weighted by atomic mass is 9.66. The second-order valence-corrected chi connectivity index (χ2v) is 10.8. The van der Waals surface area contributed by atoms with Crippen LogP contribution in [0.25, 0.3) is 0 Å². The monoisotopic (exact) mass is 519 g/mol. The maximum atomic E-state index is 14.3. The molecule has 0 radical (unpaired) electrons. The van der Waals surface area contributed by atoms with Crippen molar-refractivity contribution in [1.29, 1.82) is 0 Å². The van der Waals surface area contributed by atoms with Crippen LogP contribution in [0, 0.1) is 11.8 Å². The van der Waals surface area contributed by atoms with Gasteiger partial charge in [0.15, 0.2) is 0 Å². The summed E-state index contributed by atoms with van der Waals surface area (Å²) in [5, 5.41) is 10.0. The first-order chi connectivity index (χ1) is 17.7. The molecule has 1 N–H and O–H groups in total. The molecule has 4 heterocycles. The number of hydrogen-bond donors (Lipinski definition) is 1. The van der Waals surface area contributed by atoms with Crippen LogP contribution in [0.15, 0.2) is 25.3 Å². The number of carbonyl (C=O) groups excluding carboxylic acids is 3. The number of likely N-dealkylation sites (tertiary alicyclic amines) is 1. The lowest BCUT2D eigenvalue weighted by Crippen LogP contribution is -2.59. The second kappa shape index (κ2) is 11.2. The Hall–Kier alpha value is -2.27. The topological polar surface area (TPSA) is 109 Å². The van der Waals surface area contributed by atoms with Crippen LogP contribution in [0.1, 0.15) is 33.1 Å². The second-order valence-electron chi connectivity index (χ2n) is 10.8. The summed E-state index contributed by atoms with van der Waals surface area (Å²) in [6.07, 6.45) is 4.87. The summed E-state index contributed by atoms with van der Waals surface area (Å²) in [5.41, 5.74) is -2.04. The molecule has 2 unspecified atom stereocenters. The van der Waals surface area contributed by atoms with E-state index in [9.17, 15) is 19.5 Å². The largest absolute Gasteiger partial charge is 0.465 e. The molecule has 4 aliphatic rings. The zero-order chi connectivity index (χ0) is 26.8. The van der Waals surface area contributed by atoms with Crippen molar-refractivity contribution in [1.82, 2.24) is 14.7 Å². The van der Waals surface area contributed by atoms with Gasteiger partial charge in [-0.2, -0.15) is 0 Å². The fourth-order valence-corrected chi connectivity index (χ4v) is 6.60. The summed E-state index contributed by atoms with van der Waals surface area (Å²) in [6, 6.07) is -1.55. The molecular weight excluding hydrogens is 478 g/mol. The van der Waals surface area contributed by atoms with E-state index >= 15 is 0 Å². The van der Waals surface area contributed by atoms with Gasteiger partial charge in [-0.3, -0.25) is 19.3 Å². The van der Waals surface area contributed by atoms with Gasteiger partial charge in [0.05, 0.1) is 44.0 Å². The van der Waals surface area contributed by atoms with Gasteiger partial charge in [-0.25, -0.2) is 0 Å². The van der Waals surface area contributed by atoms with Crippen molar-refractivity contribution in [3.63, 3.8) is 0 Å². The highest BCUT2D eigenvalue weighted by atomic mass is 16.6. The molecule has 0 aliphatic carbocycles. The van der Waals surface area contributed by atoms with Crippen molar-refractivity contribution in [2.75, 3.05) is 59.2 Å². The number of nitrogens with zero attached hydrogens (tertiary/aromatic N) is 3. The molecule has 4 aliphatic heterocycles. The molecule has 2 amide bonds. The van der Waals surface area contributed by atoms with Crippen molar-refractivity contribution in [2.45, 2.75) is 56.4 Å². The third-order valence-electron chi connectivity index (χ3n) is 8.46. The predicted octanol–water partition coefficient (Wildman–Crippen LogP) is 0.598. The van der Waals surface area contributed by atoms with E-state index in [1.54, 1.807) is 24.0 Å². The lowest BCUT2D eigenvalue weighted by Gasteiger charge is -2.39. The first-order valence-corrected chi connectivity index (χ1v) is 13.3.